The molecule has 17 heavy (non-hydrogen) atoms. The summed E-state index contributed by atoms with van der Waals surface area (Å²) in [6.07, 6.45) is 1.90. The van der Waals surface area contributed by atoms with Gasteiger partial charge in [-0.25, -0.2) is 0 Å². The zero-order valence-electron chi connectivity index (χ0n) is 9.00. The summed E-state index contributed by atoms with van der Waals surface area (Å²) < 4.78 is 1.93. The summed E-state index contributed by atoms with van der Waals surface area (Å²) in [5, 5.41) is 18.6. The van der Waals surface area contributed by atoms with Crippen molar-refractivity contribution in [3.63, 3.8) is 0 Å². The topological polar surface area (TPSA) is 52.5 Å². The molecular formula is C13H9N3S. The molecule has 82 valence electrons. The highest BCUT2D eigenvalue weighted by Gasteiger charge is 2.07. The molecular weight excluding hydrogens is 230 g/mol. The molecule has 0 bridgehead atoms. The van der Waals surface area contributed by atoms with E-state index in [2.05, 4.69) is 12.1 Å². The molecule has 3 nitrogen and oxygen atoms in total. The van der Waals surface area contributed by atoms with Crippen molar-refractivity contribution >= 4 is 11.8 Å². The van der Waals surface area contributed by atoms with E-state index < -0.39 is 0 Å². The van der Waals surface area contributed by atoms with E-state index in [-0.39, 0.29) is 0 Å². The average molecular weight is 239 g/mol. The second-order valence-corrected chi connectivity index (χ2v) is 4.29. The highest BCUT2D eigenvalue weighted by atomic mass is 32.2. The maximum Gasteiger partial charge on any atom is 0.101 e. The molecule has 1 aromatic carbocycles. The van der Waals surface area contributed by atoms with E-state index in [0.29, 0.717) is 11.3 Å². The van der Waals surface area contributed by atoms with Crippen LogP contribution in [-0.2, 0) is 0 Å². The quantitative estimate of drug-likeness (QED) is 0.774. The standard InChI is InChI=1S/C13H9N3S/c14-7-9-17-13-6-3-8-16(13)12-5-2-1-4-11(12)10-15/h1-6,8H,9H2. The Morgan fingerprint density at radius 1 is 1.12 bits per heavy atom. The summed E-state index contributed by atoms with van der Waals surface area (Å²) in [7, 11) is 0. The van der Waals surface area contributed by atoms with Gasteiger partial charge in [-0.2, -0.15) is 10.5 Å². The van der Waals surface area contributed by atoms with Gasteiger partial charge in [0.05, 0.1) is 28.1 Å². The van der Waals surface area contributed by atoms with Crippen LogP contribution in [0.5, 0.6) is 0 Å². The fourth-order valence-electron chi connectivity index (χ4n) is 1.57. The Kier molecular flexibility index (Phi) is 3.49. The average Bonchev–Trinajstić information content (AvgIpc) is 2.84. The Bertz CT molecular complexity index is 602. The van der Waals surface area contributed by atoms with Gasteiger partial charge in [-0.3, -0.25) is 0 Å². The van der Waals surface area contributed by atoms with Crippen molar-refractivity contribution < 1.29 is 0 Å². The predicted molar refractivity (Wildman–Crippen MR) is 66.8 cm³/mol. The van der Waals surface area contributed by atoms with Crippen molar-refractivity contribution in [1.82, 2.24) is 4.57 Å². The molecule has 1 aromatic heterocycles. The van der Waals surface area contributed by atoms with Crippen molar-refractivity contribution in [3.8, 4) is 17.8 Å². The number of hydrogen-bond donors (Lipinski definition) is 0. The number of nitrogens with zero attached hydrogens (tertiary/aromatic N) is 3. The molecule has 0 aliphatic heterocycles. The van der Waals surface area contributed by atoms with E-state index in [0.717, 1.165) is 10.7 Å². The number of thioether (sulfide) groups is 1. The molecule has 0 atom stereocenters. The summed E-state index contributed by atoms with van der Waals surface area (Å²) in [6.45, 7) is 0. The van der Waals surface area contributed by atoms with Gasteiger partial charge in [0.1, 0.15) is 6.07 Å². The Morgan fingerprint density at radius 3 is 2.71 bits per heavy atom. The molecule has 0 saturated heterocycles. The van der Waals surface area contributed by atoms with Crippen molar-refractivity contribution in [1.29, 1.82) is 10.5 Å². The highest BCUT2D eigenvalue weighted by molar-refractivity contribution is 7.99. The third kappa shape index (κ3) is 2.33. The van der Waals surface area contributed by atoms with Gasteiger partial charge in [-0.15, -0.1) is 0 Å². The maximum atomic E-state index is 9.06. The molecule has 0 unspecified atom stereocenters. The lowest BCUT2D eigenvalue weighted by atomic mass is 10.2. The van der Waals surface area contributed by atoms with E-state index in [1.165, 1.54) is 11.8 Å². The largest absolute Gasteiger partial charge is 0.310 e. The zero-order chi connectivity index (χ0) is 12.1. The van der Waals surface area contributed by atoms with Crippen LogP contribution >= 0.6 is 11.8 Å². The third-order valence-electron chi connectivity index (χ3n) is 2.28. The first-order chi connectivity index (χ1) is 8.36. The number of benzene rings is 1. The Hall–Kier alpha value is -2.17. The van der Waals surface area contributed by atoms with Gasteiger partial charge < -0.3 is 4.57 Å². The number of nitriles is 2. The summed E-state index contributed by atoms with van der Waals surface area (Å²) >= 11 is 1.46. The lowest BCUT2D eigenvalue weighted by molar-refractivity contribution is 0.953. The van der Waals surface area contributed by atoms with E-state index in [4.69, 9.17) is 10.5 Å². The van der Waals surface area contributed by atoms with E-state index >= 15 is 0 Å². The van der Waals surface area contributed by atoms with Gasteiger partial charge in [0.15, 0.2) is 0 Å². The molecule has 0 radical (unpaired) electrons. The summed E-state index contributed by atoms with van der Waals surface area (Å²) in [5.41, 5.74) is 1.47. The molecule has 0 spiro atoms. The van der Waals surface area contributed by atoms with Crippen LogP contribution in [0.4, 0.5) is 0 Å². The van der Waals surface area contributed by atoms with E-state index in [9.17, 15) is 0 Å². The van der Waals surface area contributed by atoms with Gasteiger partial charge in [0.2, 0.25) is 0 Å². The zero-order valence-corrected chi connectivity index (χ0v) is 9.81. The second kappa shape index (κ2) is 5.25. The van der Waals surface area contributed by atoms with Crippen molar-refractivity contribution in [2.45, 2.75) is 5.03 Å². The normalized spacial score (nSPS) is 9.53. The fraction of sp³-hybridized carbons (Fsp3) is 0.0769. The molecule has 1 heterocycles. The van der Waals surface area contributed by atoms with Crippen LogP contribution in [0, 0.1) is 22.7 Å². The molecule has 0 N–H and O–H groups in total. The Balaban J connectivity index is 2.44. The first-order valence-corrected chi connectivity index (χ1v) is 6.02. The monoisotopic (exact) mass is 239 g/mol. The number of aromatic nitrogens is 1. The summed E-state index contributed by atoms with van der Waals surface area (Å²) in [6, 6.07) is 15.5. The molecule has 0 amide bonds. The minimum absolute atomic E-state index is 0.402. The van der Waals surface area contributed by atoms with Gasteiger partial charge >= 0.3 is 0 Å². The molecule has 0 aliphatic carbocycles. The molecule has 4 heteroatoms. The first-order valence-electron chi connectivity index (χ1n) is 5.03. The molecule has 0 saturated carbocycles. The van der Waals surface area contributed by atoms with Crippen molar-refractivity contribution in [2.24, 2.45) is 0 Å². The minimum Gasteiger partial charge on any atom is -0.310 e. The van der Waals surface area contributed by atoms with Crippen molar-refractivity contribution in [2.75, 3.05) is 5.75 Å². The van der Waals surface area contributed by atoms with Crippen molar-refractivity contribution in [3.05, 3.63) is 48.2 Å². The lowest BCUT2D eigenvalue weighted by Gasteiger charge is -2.09. The molecule has 0 fully saturated rings. The van der Waals surface area contributed by atoms with Crippen LogP contribution in [0.3, 0.4) is 0 Å². The SMILES string of the molecule is N#CCSc1cccn1-c1ccccc1C#N. The Labute approximate surface area is 104 Å². The van der Waals surface area contributed by atoms with Crippen LogP contribution in [0.1, 0.15) is 5.56 Å². The summed E-state index contributed by atoms with van der Waals surface area (Å²) in [4.78, 5) is 0. The molecule has 2 aromatic rings. The molecule has 0 aliphatic rings. The lowest BCUT2D eigenvalue weighted by Crippen LogP contribution is -1.97. The van der Waals surface area contributed by atoms with Crippen LogP contribution < -0.4 is 0 Å². The Morgan fingerprint density at radius 2 is 1.94 bits per heavy atom. The maximum absolute atomic E-state index is 9.06. The number of para-hydroxylation sites is 1. The van der Waals surface area contributed by atoms with Gasteiger partial charge in [-0.1, -0.05) is 23.9 Å². The minimum atomic E-state index is 0.402. The second-order valence-electron chi connectivity index (χ2n) is 3.29. The van der Waals surface area contributed by atoms with Gasteiger partial charge in [0, 0.05) is 6.20 Å². The third-order valence-corrected chi connectivity index (χ3v) is 3.18. The van der Waals surface area contributed by atoms with Crippen LogP contribution in [0.15, 0.2) is 47.6 Å². The molecule has 2 rings (SSSR count). The van der Waals surface area contributed by atoms with Crippen LogP contribution in [0.2, 0.25) is 0 Å². The van der Waals surface area contributed by atoms with Gasteiger partial charge in [0.25, 0.3) is 0 Å². The first kappa shape index (κ1) is 11.3. The van der Waals surface area contributed by atoms with Crippen LogP contribution in [-0.4, -0.2) is 10.3 Å². The summed E-state index contributed by atoms with van der Waals surface area (Å²) in [5.74, 6) is 0.402. The number of rotatable bonds is 3. The van der Waals surface area contributed by atoms with E-state index in [1.54, 1.807) is 6.07 Å². The predicted octanol–water partition coefficient (Wildman–Crippen LogP) is 2.96. The fourth-order valence-corrected chi connectivity index (χ4v) is 2.25. The number of hydrogen-bond acceptors (Lipinski definition) is 3. The van der Waals surface area contributed by atoms with Gasteiger partial charge in [-0.05, 0) is 24.3 Å². The smallest absolute Gasteiger partial charge is 0.101 e. The van der Waals surface area contributed by atoms with Crippen LogP contribution in [0.25, 0.3) is 5.69 Å². The van der Waals surface area contributed by atoms with E-state index in [1.807, 2.05) is 41.1 Å². The highest BCUT2D eigenvalue weighted by Crippen LogP contribution is 2.24.